The third-order valence-corrected chi connectivity index (χ3v) is 10.7. The van der Waals surface area contributed by atoms with Crippen LogP contribution in [0.1, 0.15) is 33.6 Å². The largest absolute Gasteiger partial charge is 0.497 e. The number of hydrogen-bond donors (Lipinski definition) is 0. The Kier molecular flexibility index (Phi) is 12.7. The number of methoxy groups -OCH3 is 1. The molecular formula is C44H43ClN8O6. The molecular weight excluding hydrogens is 772 g/mol. The van der Waals surface area contributed by atoms with Crippen molar-refractivity contribution in [2.75, 3.05) is 49.7 Å². The van der Waals surface area contributed by atoms with E-state index in [1.54, 1.807) is 111 Å². The number of pyridine rings is 2. The number of nitrogens with zero attached hydrogens (tertiary/aromatic N) is 8. The lowest BCUT2D eigenvalue weighted by atomic mass is 9.89. The molecule has 302 valence electrons. The first kappa shape index (κ1) is 40.7. The number of anilines is 2. The minimum Gasteiger partial charge on any atom is -0.497 e. The standard InChI is InChI=1S/C22H21ClN4O2.C22H22N4O4/c1-26-20(28)14-19(15-6-10-24-11-7-15)25-22(26)27-12-8-17(9-13-27)21(29)16-2-4-18(23)5-3-16;1-25-20(27)13-18(15-7-9-23-10-8-15)24-22(25)26-11-12-30-19(14-26)21(28)16-3-5-17(29-2)6-4-16/h2-7,10-11,14,17H,8-9,12-13H2,1H3;3-10,13,19H,11-12,14H2,1-2H3. The molecule has 2 aromatic carbocycles. The van der Waals surface area contributed by atoms with Crippen molar-refractivity contribution in [1.82, 2.24) is 29.1 Å². The highest BCUT2D eigenvalue weighted by Gasteiger charge is 2.30. The highest BCUT2D eigenvalue weighted by atomic mass is 35.5. The van der Waals surface area contributed by atoms with E-state index in [2.05, 4.69) is 14.9 Å². The lowest BCUT2D eigenvalue weighted by Gasteiger charge is -2.33. The van der Waals surface area contributed by atoms with Crippen molar-refractivity contribution >= 4 is 35.1 Å². The normalized spacial score (nSPS) is 15.6. The summed E-state index contributed by atoms with van der Waals surface area (Å²) in [6.45, 7) is 2.55. The van der Waals surface area contributed by atoms with Crippen LogP contribution in [0.15, 0.2) is 119 Å². The number of carbonyl (C=O) groups is 2. The first-order chi connectivity index (χ1) is 28.6. The molecule has 6 heterocycles. The van der Waals surface area contributed by atoms with Crippen LogP contribution in [0, 0.1) is 5.92 Å². The van der Waals surface area contributed by atoms with Crippen molar-refractivity contribution in [3.05, 3.63) is 147 Å². The van der Waals surface area contributed by atoms with Crippen LogP contribution in [-0.4, -0.2) is 86.6 Å². The van der Waals surface area contributed by atoms with Gasteiger partial charge in [-0.15, -0.1) is 0 Å². The molecule has 2 saturated heterocycles. The molecule has 0 radical (unpaired) electrons. The van der Waals surface area contributed by atoms with Gasteiger partial charge in [-0.3, -0.25) is 38.3 Å². The number of aromatic nitrogens is 6. The molecule has 2 fully saturated rings. The summed E-state index contributed by atoms with van der Waals surface area (Å²) < 4.78 is 13.9. The zero-order valence-corrected chi connectivity index (χ0v) is 33.7. The number of rotatable bonds is 9. The number of ketones is 2. The van der Waals surface area contributed by atoms with E-state index >= 15 is 0 Å². The Morgan fingerprint density at radius 1 is 0.678 bits per heavy atom. The van der Waals surface area contributed by atoms with Crippen LogP contribution >= 0.6 is 11.6 Å². The molecule has 59 heavy (non-hydrogen) atoms. The summed E-state index contributed by atoms with van der Waals surface area (Å²) in [4.78, 5) is 72.2. The van der Waals surface area contributed by atoms with Gasteiger partial charge in [0.05, 0.1) is 31.6 Å². The molecule has 0 bridgehead atoms. The highest BCUT2D eigenvalue weighted by Crippen LogP contribution is 2.27. The van der Waals surface area contributed by atoms with Gasteiger partial charge in [-0.25, -0.2) is 9.97 Å². The Balaban J connectivity index is 0.000000179. The monoisotopic (exact) mass is 814 g/mol. The number of morpholine rings is 1. The molecule has 0 amide bonds. The van der Waals surface area contributed by atoms with Crippen molar-refractivity contribution in [3.63, 3.8) is 0 Å². The zero-order chi connectivity index (χ0) is 41.5. The maximum absolute atomic E-state index is 12.9. The summed E-state index contributed by atoms with van der Waals surface area (Å²) in [7, 11) is 4.99. The number of Topliss-reactive ketones (excluding diaryl/α,β-unsaturated/α-hetero) is 2. The van der Waals surface area contributed by atoms with Gasteiger partial charge in [-0.2, -0.15) is 0 Å². The topological polar surface area (TPSA) is 155 Å². The maximum Gasteiger partial charge on any atom is 0.255 e. The average molecular weight is 815 g/mol. The van der Waals surface area contributed by atoms with Crippen LogP contribution in [-0.2, 0) is 18.8 Å². The zero-order valence-electron chi connectivity index (χ0n) is 32.9. The molecule has 2 aliphatic heterocycles. The fraction of sp³-hybridized carbons (Fsp3) is 0.273. The Hall–Kier alpha value is -6.51. The van der Waals surface area contributed by atoms with Crippen LogP contribution in [0.5, 0.6) is 5.75 Å². The average Bonchev–Trinajstić information content (AvgIpc) is 3.29. The molecule has 0 spiro atoms. The summed E-state index contributed by atoms with van der Waals surface area (Å²) in [5, 5.41) is 0.623. The molecule has 0 N–H and O–H groups in total. The van der Waals surface area contributed by atoms with E-state index in [4.69, 9.17) is 31.0 Å². The van der Waals surface area contributed by atoms with Gasteiger partial charge in [-0.05, 0) is 85.6 Å². The number of halogens is 1. The second kappa shape index (κ2) is 18.4. The molecule has 1 unspecified atom stereocenters. The van der Waals surface area contributed by atoms with Gasteiger partial charge in [0.25, 0.3) is 11.1 Å². The SMILES string of the molecule is COc1ccc(C(=O)C2CN(c3nc(-c4ccncc4)cc(=O)n3C)CCO2)cc1.Cn1c(N2CCC(C(=O)c3ccc(Cl)cc3)CC2)nc(-c2ccncc2)cc1=O. The summed E-state index contributed by atoms with van der Waals surface area (Å²) in [5.74, 6) is 1.82. The van der Waals surface area contributed by atoms with Gasteiger partial charge in [0, 0.05) is 104 Å². The van der Waals surface area contributed by atoms with Gasteiger partial charge in [-0.1, -0.05) is 11.6 Å². The van der Waals surface area contributed by atoms with Gasteiger partial charge in [0.15, 0.2) is 11.6 Å². The number of piperidine rings is 1. The molecule has 2 aliphatic rings. The van der Waals surface area contributed by atoms with Crippen LogP contribution < -0.4 is 25.7 Å². The van der Waals surface area contributed by atoms with Crippen molar-refractivity contribution in [2.45, 2.75) is 18.9 Å². The predicted octanol–water partition coefficient (Wildman–Crippen LogP) is 5.53. The Morgan fingerprint density at radius 2 is 1.17 bits per heavy atom. The molecule has 4 aromatic heterocycles. The first-order valence-corrected chi connectivity index (χ1v) is 19.5. The van der Waals surface area contributed by atoms with E-state index < -0.39 is 6.10 Å². The quantitative estimate of drug-likeness (QED) is 0.169. The Bertz CT molecular complexity index is 2530. The van der Waals surface area contributed by atoms with Gasteiger partial charge in [0.2, 0.25) is 11.9 Å². The maximum atomic E-state index is 12.9. The third kappa shape index (κ3) is 9.46. The van der Waals surface area contributed by atoms with Crippen molar-refractivity contribution in [3.8, 4) is 28.3 Å². The minimum atomic E-state index is -0.645. The number of carbonyl (C=O) groups excluding carboxylic acids is 2. The number of benzene rings is 2. The summed E-state index contributed by atoms with van der Waals surface area (Å²) in [6.07, 6.45) is 7.48. The highest BCUT2D eigenvalue weighted by molar-refractivity contribution is 6.30. The van der Waals surface area contributed by atoms with Crippen LogP contribution in [0.3, 0.4) is 0 Å². The summed E-state index contributed by atoms with van der Waals surface area (Å²) >= 11 is 5.92. The lowest BCUT2D eigenvalue weighted by molar-refractivity contribution is 0.0336. The molecule has 15 heteroatoms. The van der Waals surface area contributed by atoms with E-state index in [-0.39, 0.29) is 28.6 Å². The number of hydrogen-bond acceptors (Lipinski definition) is 12. The van der Waals surface area contributed by atoms with E-state index in [0.717, 1.165) is 24.0 Å². The fourth-order valence-electron chi connectivity index (χ4n) is 7.08. The molecule has 14 nitrogen and oxygen atoms in total. The van der Waals surface area contributed by atoms with Gasteiger partial charge < -0.3 is 19.3 Å². The number of ether oxygens (including phenoxy) is 2. The third-order valence-electron chi connectivity index (χ3n) is 10.5. The van der Waals surface area contributed by atoms with E-state index in [1.165, 1.54) is 16.7 Å². The molecule has 6 aromatic rings. The van der Waals surface area contributed by atoms with E-state index in [9.17, 15) is 19.2 Å². The van der Waals surface area contributed by atoms with Crippen molar-refractivity contribution < 1.29 is 19.1 Å². The molecule has 8 rings (SSSR count). The first-order valence-electron chi connectivity index (χ1n) is 19.2. The van der Waals surface area contributed by atoms with E-state index in [1.807, 2.05) is 17.0 Å². The van der Waals surface area contributed by atoms with Crippen molar-refractivity contribution in [2.24, 2.45) is 20.0 Å². The molecule has 0 aliphatic carbocycles. The minimum absolute atomic E-state index is 0.0344. The van der Waals surface area contributed by atoms with Crippen LogP contribution in [0.4, 0.5) is 11.9 Å². The lowest BCUT2D eigenvalue weighted by Crippen LogP contribution is -2.48. The Morgan fingerprint density at radius 3 is 1.69 bits per heavy atom. The second-order valence-electron chi connectivity index (χ2n) is 14.2. The molecule has 0 saturated carbocycles. The Labute approximate surface area is 345 Å². The molecule has 1 atom stereocenters. The predicted molar refractivity (Wildman–Crippen MR) is 225 cm³/mol. The smallest absolute Gasteiger partial charge is 0.255 e. The van der Waals surface area contributed by atoms with Crippen LogP contribution in [0.25, 0.3) is 22.5 Å². The summed E-state index contributed by atoms with van der Waals surface area (Å²) in [6, 6.07) is 24.3. The van der Waals surface area contributed by atoms with Crippen LogP contribution in [0.2, 0.25) is 5.02 Å². The van der Waals surface area contributed by atoms with E-state index in [0.29, 0.717) is 78.0 Å². The fourth-order valence-corrected chi connectivity index (χ4v) is 7.21. The second-order valence-corrected chi connectivity index (χ2v) is 14.6. The van der Waals surface area contributed by atoms with Crippen molar-refractivity contribution in [1.29, 1.82) is 0 Å². The summed E-state index contributed by atoms with van der Waals surface area (Å²) in [5.41, 5.74) is 3.82. The van der Waals surface area contributed by atoms with Gasteiger partial charge in [0.1, 0.15) is 11.9 Å². The van der Waals surface area contributed by atoms with Gasteiger partial charge >= 0.3 is 0 Å².